The molecule has 0 aliphatic carbocycles. The molecule has 1 fully saturated rings. The van der Waals surface area contributed by atoms with E-state index in [2.05, 4.69) is 4.98 Å². The van der Waals surface area contributed by atoms with E-state index in [0.717, 1.165) is 20.7 Å². The van der Waals surface area contributed by atoms with Gasteiger partial charge in [-0.25, -0.2) is 13.4 Å². The van der Waals surface area contributed by atoms with Gasteiger partial charge in [-0.1, -0.05) is 29.5 Å². The number of anilines is 1. The van der Waals surface area contributed by atoms with Crippen molar-refractivity contribution in [2.24, 2.45) is 0 Å². The fraction of sp³-hybridized carbons (Fsp3) is 0.261. The molecule has 1 aliphatic rings. The van der Waals surface area contributed by atoms with Gasteiger partial charge in [0.2, 0.25) is 5.91 Å². The van der Waals surface area contributed by atoms with Crippen molar-refractivity contribution in [1.82, 2.24) is 14.3 Å². The van der Waals surface area contributed by atoms with Gasteiger partial charge in [0.25, 0.3) is 10.0 Å². The molecule has 1 aromatic carbocycles. The number of amides is 1. The minimum absolute atomic E-state index is 0.258. The monoisotopic (exact) mass is 530 g/mol. The highest BCUT2D eigenvalue weighted by molar-refractivity contribution is 7.98. The molecule has 7 nitrogen and oxygen atoms in total. The molecule has 4 heterocycles. The number of thioether (sulfide) groups is 1. The summed E-state index contributed by atoms with van der Waals surface area (Å²) in [6.45, 7) is 0.596. The summed E-state index contributed by atoms with van der Waals surface area (Å²) in [6, 6.07) is 12.2. The van der Waals surface area contributed by atoms with Gasteiger partial charge in [0.05, 0.1) is 16.8 Å². The van der Waals surface area contributed by atoms with E-state index in [1.807, 2.05) is 36.6 Å². The summed E-state index contributed by atoms with van der Waals surface area (Å²) in [7, 11) is -3.74. The third-order valence-corrected chi connectivity index (χ3v) is 10.8. The van der Waals surface area contributed by atoms with Gasteiger partial charge in [-0.2, -0.15) is 4.31 Å². The average molecular weight is 531 g/mol. The predicted octanol–water partition coefficient (Wildman–Crippen LogP) is 4.86. The van der Waals surface area contributed by atoms with Crippen molar-refractivity contribution in [2.45, 2.75) is 34.5 Å². The molecule has 176 valence electrons. The number of sulfonamides is 1. The number of hydrogen-bond donors (Lipinski definition) is 0. The van der Waals surface area contributed by atoms with Gasteiger partial charge in [-0.3, -0.25) is 14.7 Å². The molecular formula is C23H22N4O3S4. The Balaban J connectivity index is 1.54. The summed E-state index contributed by atoms with van der Waals surface area (Å²) in [5.41, 5.74) is 1.71. The standard InChI is InChI=1S/C23H22N4O3S4/c1-31-18-8-2-9-19-21(18)25-23(33-19)26(15-16-6-3-11-24-14-16)22(28)17-7-4-12-27(17)34(29,30)20-10-5-13-32-20/h2-3,5-6,8-11,13-14,17H,4,7,12,15H2,1H3. The molecule has 0 saturated carbocycles. The van der Waals surface area contributed by atoms with Crippen LogP contribution in [0.25, 0.3) is 10.2 Å². The minimum Gasteiger partial charge on any atom is -0.282 e. The maximum absolute atomic E-state index is 14.0. The number of nitrogens with zero attached hydrogens (tertiary/aromatic N) is 4. The number of para-hydroxylation sites is 1. The zero-order valence-electron chi connectivity index (χ0n) is 18.3. The Kier molecular flexibility index (Phi) is 6.72. The quantitative estimate of drug-likeness (QED) is 0.317. The molecule has 1 aliphatic heterocycles. The van der Waals surface area contributed by atoms with Gasteiger partial charge in [0, 0.05) is 23.8 Å². The van der Waals surface area contributed by atoms with E-state index in [9.17, 15) is 13.2 Å². The topological polar surface area (TPSA) is 83.5 Å². The first-order valence-electron chi connectivity index (χ1n) is 10.7. The largest absolute Gasteiger partial charge is 0.282 e. The van der Waals surface area contributed by atoms with Crippen LogP contribution in [-0.2, 0) is 21.4 Å². The van der Waals surface area contributed by atoms with Crippen LogP contribution < -0.4 is 4.90 Å². The van der Waals surface area contributed by atoms with Crippen LogP contribution in [0.4, 0.5) is 5.13 Å². The molecule has 11 heteroatoms. The highest BCUT2D eigenvalue weighted by Crippen LogP contribution is 2.36. The maximum Gasteiger partial charge on any atom is 0.253 e. The lowest BCUT2D eigenvalue weighted by molar-refractivity contribution is -0.121. The van der Waals surface area contributed by atoms with E-state index in [0.29, 0.717) is 24.5 Å². The van der Waals surface area contributed by atoms with Crippen molar-refractivity contribution in [1.29, 1.82) is 0 Å². The van der Waals surface area contributed by atoms with Crippen LogP contribution in [-0.4, -0.2) is 47.4 Å². The molecule has 3 aromatic heterocycles. The van der Waals surface area contributed by atoms with Crippen molar-refractivity contribution < 1.29 is 13.2 Å². The zero-order valence-corrected chi connectivity index (χ0v) is 21.6. The second-order valence-electron chi connectivity index (χ2n) is 7.79. The summed E-state index contributed by atoms with van der Waals surface area (Å²) in [5.74, 6) is -0.258. The summed E-state index contributed by atoms with van der Waals surface area (Å²) in [5, 5.41) is 2.30. The number of thiophene rings is 1. The normalized spacial score (nSPS) is 16.8. The number of carbonyl (C=O) groups is 1. The Hall–Kier alpha value is -2.31. The van der Waals surface area contributed by atoms with Crippen molar-refractivity contribution in [2.75, 3.05) is 17.7 Å². The smallest absolute Gasteiger partial charge is 0.253 e. The third kappa shape index (κ3) is 4.38. The number of carbonyl (C=O) groups excluding carboxylic acids is 1. The SMILES string of the molecule is CSc1cccc2sc(N(Cc3cccnc3)C(=O)C3CCCN3S(=O)(=O)c3cccs3)nc12. The Morgan fingerprint density at radius 1 is 1.24 bits per heavy atom. The first-order valence-corrected chi connectivity index (χ1v) is 15.0. The van der Waals surface area contributed by atoms with E-state index in [-0.39, 0.29) is 16.7 Å². The second kappa shape index (κ2) is 9.74. The number of fused-ring (bicyclic) bond motifs is 1. The van der Waals surface area contributed by atoms with Crippen LogP contribution in [0.5, 0.6) is 0 Å². The summed E-state index contributed by atoms with van der Waals surface area (Å²) >= 11 is 4.22. The Morgan fingerprint density at radius 3 is 2.85 bits per heavy atom. The molecule has 1 amide bonds. The van der Waals surface area contributed by atoms with Crippen LogP contribution in [0.15, 0.2) is 69.3 Å². The number of thiazole rings is 1. The highest BCUT2D eigenvalue weighted by atomic mass is 32.2. The van der Waals surface area contributed by atoms with Gasteiger partial charge >= 0.3 is 0 Å². The summed E-state index contributed by atoms with van der Waals surface area (Å²) in [4.78, 5) is 25.6. The van der Waals surface area contributed by atoms with Gasteiger partial charge in [0.1, 0.15) is 10.3 Å². The highest BCUT2D eigenvalue weighted by Gasteiger charge is 2.42. The lowest BCUT2D eigenvalue weighted by Gasteiger charge is -2.28. The molecular weight excluding hydrogens is 509 g/mol. The molecule has 1 saturated heterocycles. The van der Waals surface area contributed by atoms with Gasteiger partial charge < -0.3 is 0 Å². The third-order valence-electron chi connectivity index (χ3n) is 5.70. The van der Waals surface area contributed by atoms with Gasteiger partial charge in [-0.15, -0.1) is 23.1 Å². The Morgan fingerprint density at radius 2 is 2.12 bits per heavy atom. The fourth-order valence-electron chi connectivity index (χ4n) is 4.09. The average Bonchev–Trinajstić information content (AvgIpc) is 3.62. The number of benzene rings is 1. The molecule has 5 rings (SSSR count). The Labute approximate surface area is 210 Å². The number of rotatable bonds is 7. The van der Waals surface area contributed by atoms with Crippen molar-refractivity contribution in [3.8, 4) is 0 Å². The van der Waals surface area contributed by atoms with Gasteiger partial charge in [-0.05, 0) is 54.3 Å². The zero-order chi connectivity index (χ0) is 23.7. The second-order valence-corrected chi connectivity index (χ2v) is 12.7. The van der Waals surface area contributed by atoms with Crippen molar-refractivity contribution >= 4 is 65.7 Å². The van der Waals surface area contributed by atoms with E-state index >= 15 is 0 Å². The molecule has 4 aromatic rings. The van der Waals surface area contributed by atoms with Crippen LogP contribution >= 0.6 is 34.4 Å². The van der Waals surface area contributed by atoms with E-state index in [1.54, 1.807) is 46.6 Å². The first-order chi connectivity index (χ1) is 16.5. The van der Waals surface area contributed by atoms with Crippen molar-refractivity contribution in [3.05, 3.63) is 65.8 Å². The van der Waals surface area contributed by atoms with E-state index < -0.39 is 16.1 Å². The molecule has 0 spiro atoms. The fourth-order valence-corrected chi connectivity index (χ4v) is 8.48. The lowest BCUT2D eigenvalue weighted by atomic mass is 10.2. The molecule has 0 bridgehead atoms. The van der Waals surface area contributed by atoms with Crippen LogP contribution in [0.1, 0.15) is 18.4 Å². The van der Waals surface area contributed by atoms with Crippen LogP contribution in [0.2, 0.25) is 0 Å². The molecule has 1 atom stereocenters. The number of aromatic nitrogens is 2. The molecule has 34 heavy (non-hydrogen) atoms. The summed E-state index contributed by atoms with van der Waals surface area (Å²) in [6.07, 6.45) is 6.52. The number of hydrogen-bond acceptors (Lipinski definition) is 8. The lowest BCUT2D eigenvalue weighted by Crippen LogP contribution is -2.47. The van der Waals surface area contributed by atoms with Crippen LogP contribution in [0.3, 0.4) is 0 Å². The van der Waals surface area contributed by atoms with Gasteiger partial charge in [0.15, 0.2) is 5.13 Å². The van der Waals surface area contributed by atoms with E-state index in [1.165, 1.54) is 27.0 Å². The van der Waals surface area contributed by atoms with Crippen LogP contribution in [0, 0.1) is 0 Å². The molecule has 0 N–H and O–H groups in total. The molecule has 0 radical (unpaired) electrons. The summed E-state index contributed by atoms with van der Waals surface area (Å²) < 4.78 is 29.2. The predicted molar refractivity (Wildman–Crippen MR) is 138 cm³/mol. The Bertz CT molecular complexity index is 1400. The van der Waals surface area contributed by atoms with E-state index in [4.69, 9.17) is 4.98 Å². The van der Waals surface area contributed by atoms with Crippen molar-refractivity contribution in [3.63, 3.8) is 0 Å². The first kappa shape index (κ1) is 23.4. The molecule has 1 unspecified atom stereocenters. The minimum atomic E-state index is -3.74. The number of pyridine rings is 1. The maximum atomic E-state index is 14.0.